The molecule has 7 aromatic carbocycles. The van der Waals surface area contributed by atoms with E-state index < -0.39 is 0 Å². The first-order valence-electron chi connectivity index (χ1n) is 16.3. The lowest BCUT2D eigenvalue weighted by molar-refractivity contribution is 0.480. The first-order chi connectivity index (χ1) is 24.2. The second-order valence-corrected chi connectivity index (χ2v) is 12.1. The number of nitrogens with zero attached hydrogens (tertiary/aromatic N) is 3. The van der Waals surface area contributed by atoms with E-state index >= 15 is 0 Å². The first kappa shape index (κ1) is 28.6. The molecule has 232 valence electrons. The number of furan rings is 1. The van der Waals surface area contributed by atoms with Crippen LogP contribution in [0.4, 0.5) is 0 Å². The van der Waals surface area contributed by atoms with Crippen molar-refractivity contribution in [2.45, 2.75) is 6.92 Å². The SMILES string of the molecule is Cc1cccc(-c2nc(-c3ccccc3)nc(-c3cccc4oc5cccc(-c6ccc7ccccc7c6)c5c34)n2)c1Oc1ccccc1. The molecule has 0 aliphatic rings. The van der Waals surface area contributed by atoms with Gasteiger partial charge in [-0.25, -0.2) is 15.0 Å². The zero-order valence-corrected chi connectivity index (χ0v) is 26.7. The fourth-order valence-electron chi connectivity index (χ4n) is 6.55. The van der Waals surface area contributed by atoms with Crippen LogP contribution in [0.3, 0.4) is 0 Å². The average Bonchev–Trinajstić information content (AvgIpc) is 3.55. The minimum absolute atomic E-state index is 0.526. The van der Waals surface area contributed by atoms with Crippen molar-refractivity contribution < 1.29 is 9.15 Å². The quantitative estimate of drug-likeness (QED) is 0.183. The van der Waals surface area contributed by atoms with Crippen LogP contribution in [0.1, 0.15) is 5.56 Å². The third kappa shape index (κ3) is 5.18. The number of benzene rings is 7. The van der Waals surface area contributed by atoms with Crippen LogP contribution in [-0.2, 0) is 0 Å². The number of hydrogen-bond donors (Lipinski definition) is 0. The minimum atomic E-state index is 0.526. The maximum Gasteiger partial charge on any atom is 0.167 e. The molecule has 0 saturated carbocycles. The molecule has 0 unspecified atom stereocenters. The molecule has 9 rings (SSSR count). The molecule has 0 aliphatic carbocycles. The standard InChI is InChI=1S/C44H29N3O2/c1-28-13-10-22-36(41(28)48-33-18-6-3-7-19-33)44-46-42(30-15-4-2-5-16-30)45-43(47-44)35-21-12-24-38-40(35)39-34(20-11-23-37(39)49-38)32-26-25-29-14-8-9-17-31(29)27-32/h2-27H,1H3. The van der Waals surface area contributed by atoms with E-state index in [4.69, 9.17) is 24.1 Å². The molecule has 0 amide bonds. The lowest BCUT2D eigenvalue weighted by Crippen LogP contribution is -2.02. The normalized spacial score (nSPS) is 11.4. The van der Waals surface area contributed by atoms with Crippen molar-refractivity contribution in [2.75, 3.05) is 0 Å². The smallest absolute Gasteiger partial charge is 0.167 e. The van der Waals surface area contributed by atoms with E-state index in [0.717, 1.165) is 61.1 Å². The number of rotatable bonds is 6. The van der Waals surface area contributed by atoms with Crippen LogP contribution in [0.2, 0.25) is 0 Å². The van der Waals surface area contributed by atoms with Crippen molar-refractivity contribution in [3.05, 3.63) is 163 Å². The summed E-state index contributed by atoms with van der Waals surface area (Å²) in [5.41, 5.74) is 7.30. The second kappa shape index (κ2) is 11.9. The Morgan fingerprint density at radius 3 is 1.82 bits per heavy atom. The molecular formula is C44H29N3O2. The van der Waals surface area contributed by atoms with E-state index in [-0.39, 0.29) is 0 Å². The van der Waals surface area contributed by atoms with Crippen LogP contribution in [0.5, 0.6) is 11.5 Å². The third-order valence-electron chi connectivity index (χ3n) is 8.91. The van der Waals surface area contributed by atoms with E-state index in [1.165, 1.54) is 10.8 Å². The summed E-state index contributed by atoms with van der Waals surface area (Å²) in [6.45, 7) is 2.04. The highest BCUT2D eigenvalue weighted by molar-refractivity contribution is 6.17. The molecule has 0 aliphatic heterocycles. The van der Waals surface area contributed by atoms with Crippen molar-refractivity contribution in [1.29, 1.82) is 0 Å². The summed E-state index contributed by atoms with van der Waals surface area (Å²) in [5, 5.41) is 4.37. The van der Waals surface area contributed by atoms with Gasteiger partial charge in [0.15, 0.2) is 17.5 Å². The summed E-state index contributed by atoms with van der Waals surface area (Å²) in [4.78, 5) is 15.3. The van der Waals surface area contributed by atoms with Crippen molar-refractivity contribution in [1.82, 2.24) is 15.0 Å². The molecule has 5 heteroatoms. The Morgan fingerprint density at radius 2 is 1.04 bits per heavy atom. The monoisotopic (exact) mass is 631 g/mol. The van der Waals surface area contributed by atoms with E-state index in [9.17, 15) is 0 Å². The number of aryl methyl sites for hydroxylation is 1. The minimum Gasteiger partial charge on any atom is -0.456 e. The molecule has 2 heterocycles. The highest BCUT2D eigenvalue weighted by Crippen LogP contribution is 2.42. The molecule has 0 N–H and O–H groups in total. The van der Waals surface area contributed by atoms with E-state index in [1.54, 1.807) is 0 Å². The third-order valence-corrected chi connectivity index (χ3v) is 8.91. The molecule has 0 fully saturated rings. The van der Waals surface area contributed by atoms with Gasteiger partial charge in [-0.1, -0.05) is 121 Å². The molecule has 49 heavy (non-hydrogen) atoms. The van der Waals surface area contributed by atoms with Gasteiger partial charge in [0.05, 0.1) is 5.56 Å². The molecule has 0 bridgehead atoms. The fraction of sp³-hybridized carbons (Fsp3) is 0.0227. The van der Waals surface area contributed by atoms with Crippen LogP contribution < -0.4 is 4.74 Å². The number of aromatic nitrogens is 3. The van der Waals surface area contributed by atoms with Gasteiger partial charge in [0, 0.05) is 21.9 Å². The predicted octanol–water partition coefficient (Wildman–Crippen LogP) is 11.7. The van der Waals surface area contributed by atoms with Gasteiger partial charge in [-0.15, -0.1) is 0 Å². The summed E-state index contributed by atoms with van der Waals surface area (Å²) >= 11 is 0. The number of hydrogen-bond acceptors (Lipinski definition) is 5. The van der Waals surface area contributed by atoms with Crippen LogP contribution in [0.25, 0.3) is 78.0 Å². The van der Waals surface area contributed by atoms with Gasteiger partial charge in [-0.3, -0.25) is 0 Å². The Kier molecular flexibility index (Phi) is 6.95. The topological polar surface area (TPSA) is 61.0 Å². The number of para-hydroxylation sites is 2. The second-order valence-electron chi connectivity index (χ2n) is 12.1. The Bertz CT molecular complexity index is 2650. The molecule has 5 nitrogen and oxygen atoms in total. The average molecular weight is 632 g/mol. The van der Waals surface area contributed by atoms with Crippen molar-refractivity contribution in [3.8, 4) is 56.8 Å². The van der Waals surface area contributed by atoms with Gasteiger partial charge in [-0.05, 0) is 70.8 Å². The van der Waals surface area contributed by atoms with Crippen LogP contribution in [-0.4, -0.2) is 15.0 Å². The highest BCUT2D eigenvalue weighted by atomic mass is 16.5. The number of ether oxygens (including phenoxy) is 1. The van der Waals surface area contributed by atoms with Crippen molar-refractivity contribution in [3.63, 3.8) is 0 Å². The maximum atomic E-state index is 6.50. The van der Waals surface area contributed by atoms with Gasteiger partial charge in [0.2, 0.25) is 0 Å². The zero-order chi connectivity index (χ0) is 32.7. The Morgan fingerprint density at radius 1 is 0.449 bits per heavy atom. The lowest BCUT2D eigenvalue weighted by Gasteiger charge is -2.15. The largest absolute Gasteiger partial charge is 0.456 e. The van der Waals surface area contributed by atoms with Gasteiger partial charge in [0.25, 0.3) is 0 Å². The maximum absolute atomic E-state index is 6.50. The van der Waals surface area contributed by atoms with E-state index in [0.29, 0.717) is 23.2 Å². The molecule has 0 spiro atoms. The Balaban J connectivity index is 1.29. The van der Waals surface area contributed by atoms with Crippen LogP contribution >= 0.6 is 0 Å². The molecule has 0 radical (unpaired) electrons. The van der Waals surface area contributed by atoms with Gasteiger partial charge in [-0.2, -0.15) is 0 Å². The highest BCUT2D eigenvalue weighted by Gasteiger charge is 2.21. The summed E-state index contributed by atoms with van der Waals surface area (Å²) in [6.07, 6.45) is 0. The van der Waals surface area contributed by atoms with Crippen LogP contribution in [0, 0.1) is 6.92 Å². The molecule has 0 saturated heterocycles. The molecule has 9 aromatic rings. The van der Waals surface area contributed by atoms with E-state index in [2.05, 4.69) is 60.7 Å². The van der Waals surface area contributed by atoms with E-state index in [1.807, 2.05) is 104 Å². The first-order valence-corrected chi connectivity index (χ1v) is 16.3. The summed E-state index contributed by atoms with van der Waals surface area (Å²) in [6, 6.07) is 53.2. The van der Waals surface area contributed by atoms with Crippen molar-refractivity contribution >= 4 is 32.7 Å². The van der Waals surface area contributed by atoms with Gasteiger partial charge in [0.1, 0.15) is 22.7 Å². The Labute approximate surface area is 283 Å². The molecule has 0 atom stereocenters. The summed E-state index contributed by atoms with van der Waals surface area (Å²) in [5.74, 6) is 3.10. The summed E-state index contributed by atoms with van der Waals surface area (Å²) in [7, 11) is 0. The van der Waals surface area contributed by atoms with Crippen molar-refractivity contribution in [2.24, 2.45) is 0 Å². The zero-order valence-electron chi connectivity index (χ0n) is 26.7. The Hall–Kier alpha value is -6.59. The van der Waals surface area contributed by atoms with Gasteiger partial charge >= 0.3 is 0 Å². The molecule has 2 aromatic heterocycles. The molecular weight excluding hydrogens is 603 g/mol. The fourth-order valence-corrected chi connectivity index (χ4v) is 6.55. The predicted molar refractivity (Wildman–Crippen MR) is 198 cm³/mol. The lowest BCUT2D eigenvalue weighted by atomic mass is 9.95. The summed E-state index contributed by atoms with van der Waals surface area (Å²) < 4.78 is 13.0. The van der Waals surface area contributed by atoms with Gasteiger partial charge < -0.3 is 9.15 Å². The van der Waals surface area contributed by atoms with Crippen LogP contribution in [0.15, 0.2) is 162 Å². The number of fused-ring (bicyclic) bond motifs is 4.